The van der Waals surface area contributed by atoms with Crippen LogP contribution in [0.25, 0.3) is 0 Å². The van der Waals surface area contributed by atoms with E-state index >= 15 is 0 Å². The minimum absolute atomic E-state index is 0.0401. The lowest BCUT2D eigenvalue weighted by atomic mass is 10.1. The maximum Gasteiger partial charge on any atom is 0.326 e. The summed E-state index contributed by atoms with van der Waals surface area (Å²) in [6.45, 7) is 0.398. The highest BCUT2D eigenvalue weighted by atomic mass is 16.5. The monoisotopic (exact) mass is 306 g/mol. The minimum Gasteiger partial charge on any atom is -0.480 e. The van der Waals surface area contributed by atoms with E-state index < -0.39 is 18.1 Å². The molecule has 120 valence electrons. The molecule has 1 fully saturated rings. The van der Waals surface area contributed by atoms with Crippen molar-refractivity contribution in [1.29, 1.82) is 0 Å². The van der Waals surface area contributed by atoms with E-state index in [1.165, 1.54) is 12.0 Å². The van der Waals surface area contributed by atoms with Crippen LogP contribution in [-0.2, 0) is 14.3 Å². The fourth-order valence-corrected chi connectivity index (χ4v) is 2.82. The zero-order chi connectivity index (χ0) is 16.3. The molecule has 0 aromatic heterocycles. The molecule has 1 heterocycles. The van der Waals surface area contributed by atoms with Gasteiger partial charge in [0.2, 0.25) is 0 Å². The lowest BCUT2D eigenvalue weighted by molar-refractivity contribution is -0.153. The number of ether oxygens (including phenoxy) is 1. The van der Waals surface area contributed by atoms with E-state index in [1.807, 2.05) is 37.2 Å². The number of carbonyl (C=O) groups is 2. The maximum absolute atomic E-state index is 12.8. The Morgan fingerprint density at radius 1 is 1.32 bits per heavy atom. The van der Waals surface area contributed by atoms with Crippen LogP contribution in [0.5, 0.6) is 0 Å². The van der Waals surface area contributed by atoms with Crippen molar-refractivity contribution in [3.8, 4) is 0 Å². The molecule has 3 atom stereocenters. The summed E-state index contributed by atoms with van der Waals surface area (Å²) in [7, 11) is 5.25. The van der Waals surface area contributed by atoms with Gasteiger partial charge in [-0.3, -0.25) is 4.79 Å². The van der Waals surface area contributed by atoms with Crippen LogP contribution in [0.4, 0.5) is 0 Å². The first-order valence-corrected chi connectivity index (χ1v) is 7.23. The first-order valence-electron chi connectivity index (χ1n) is 7.23. The molecule has 0 bridgehead atoms. The second kappa shape index (κ2) is 6.89. The highest BCUT2D eigenvalue weighted by Crippen LogP contribution is 2.27. The first-order chi connectivity index (χ1) is 10.5. The van der Waals surface area contributed by atoms with Crippen molar-refractivity contribution < 1.29 is 19.4 Å². The molecule has 0 spiro atoms. The molecule has 22 heavy (non-hydrogen) atoms. The third kappa shape index (κ3) is 3.28. The van der Waals surface area contributed by atoms with Crippen molar-refractivity contribution in [3.05, 3.63) is 35.9 Å². The van der Waals surface area contributed by atoms with Gasteiger partial charge in [-0.1, -0.05) is 30.3 Å². The Morgan fingerprint density at radius 3 is 2.45 bits per heavy atom. The van der Waals surface area contributed by atoms with Crippen molar-refractivity contribution in [2.45, 2.75) is 24.6 Å². The zero-order valence-electron chi connectivity index (χ0n) is 13.1. The van der Waals surface area contributed by atoms with Gasteiger partial charge in [-0.05, 0) is 26.1 Å². The Hall–Kier alpha value is -1.92. The molecule has 0 unspecified atom stereocenters. The quantitative estimate of drug-likeness (QED) is 0.878. The smallest absolute Gasteiger partial charge is 0.326 e. The number of hydrogen-bond donors (Lipinski definition) is 1. The summed E-state index contributed by atoms with van der Waals surface area (Å²) >= 11 is 0. The van der Waals surface area contributed by atoms with Gasteiger partial charge in [-0.15, -0.1) is 0 Å². The number of hydrogen-bond acceptors (Lipinski definition) is 4. The molecule has 2 rings (SSSR count). The lowest BCUT2D eigenvalue weighted by Crippen LogP contribution is -2.43. The average molecular weight is 306 g/mol. The van der Waals surface area contributed by atoms with Crippen LogP contribution in [0.2, 0.25) is 0 Å². The maximum atomic E-state index is 12.8. The molecular weight excluding hydrogens is 284 g/mol. The highest BCUT2D eigenvalue weighted by Gasteiger charge is 2.42. The molecule has 1 aromatic rings. The summed E-state index contributed by atoms with van der Waals surface area (Å²) in [6.07, 6.45) is -0.344. The predicted octanol–water partition coefficient (Wildman–Crippen LogP) is 0.990. The van der Waals surface area contributed by atoms with Crippen molar-refractivity contribution in [3.63, 3.8) is 0 Å². The molecule has 1 N–H and O–H groups in total. The molecule has 0 radical (unpaired) electrons. The SMILES string of the molecule is CO[C@@H](C(=O)N1C[C@H](N(C)C)C[C@H]1C(=O)O)c1ccccc1. The molecule has 6 heteroatoms. The van der Waals surface area contributed by atoms with Gasteiger partial charge in [-0.25, -0.2) is 4.79 Å². The fourth-order valence-electron chi connectivity index (χ4n) is 2.82. The van der Waals surface area contributed by atoms with Gasteiger partial charge in [0.15, 0.2) is 6.10 Å². The van der Waals surface area contributed by atoms with E-state index in [-0.39, 0.29) is 11.9 Å². The number of carboxylic acid groups (broad SMARTS) is 1. The summed E-state index contributed by atoms with van der Waals surface area (Å²) in [5, 5.41) is 9.40. The Morgan fingerprint density at radius 2 is 1.95 bits per heavy atom. The minimum atomic E-state index is -0.972. The second-order valence-corrected chi connectivity index (χ2v) is 5.72. The predicted molar refractivity (Wildman–Crippen MR) is 81.4 cm³/mol. The molecule has 0 saturated carbocycles. The Labute approximate surface area is 130 Å². The molecule has 1 aliphatic heterocycles. The van der Waals surface area contributed by atoms with Gasteiger partial charge in [0.25, 0.3) is 5.91 Å². The summed E-state index contributed by atoms with van der Waals surface area (Å²) in [5.41, 5.74) is 0.729. The molecule has 1 aliphatic rings. The summed E-state index contributed by atoms with van der Waals surface area (Å²) < 4.78 is 5.34. The van der Waals surface area contributed by atoms with E-state index in [4.69, 9.17) is 4.74 Å². The molecular formula is C16H22N2O4. The number of amides is 1. The second-order valence-electron chi connectivity index (χ2n) is 5.72. The van der Waals surface area contributed by atoms with Crippen LogP contribution < -0.4 is 0 Å². The number of benzene rings is 1. The number of carboxylic acids is 1. The Balaban J connectivity index is 2.23. The summed E-state index contributed by atoms with van der Waals surface area (Å²) in [4.78, 5) is 27.6. The van der Waals surface area contributed by atoms with Crippen molar-refractivity contribution in [2.75, 3.05) is 27.7 Å². The number of likely N-dealkylation sites (tertiary alicyclic amines) is 1. The number of carbonyl (C=O) groups excluding carboxylic acids is 1. The van der Waals surface area contributed by atoms with Crippen LogP contribution >= 0.6 is 0 Å². The van der Waals surface area contributed by atoms with Gasteiger partial charge in [0.05, 0.1) is 0 Å². The molecule has 1 amide bonds. The largest absolute Gasteiger partial charge is 0.480 e. The van der Waals surface area contributed by atoms with E-state index in [2.05, 4.69) is 0 Å². The molecule has 1 aromatic carbocycles. The van der Waals surface area contributed by atoms with E-state index in [9.17, 15) is 14.7 Å². The van der Waals surface area contributed by atoms with Gasteiger partial charge in [-0.2, -0.15) is 0 Å². The standard InChI is InChI=1S/C16H22N2O4/c1-17(2)12-9-13(16(20)21)18(10-12)15(19)14(22-3)11-7-5-4-6-8-11/h4-8,12-14H,9-10H2,1-3H3,(H,20,21)/t12-,13+,14-/m1/s1. The highest BCUT2D eigenvalue weighted by molar-refractivity contribution is 5.88. The third-order valence-corrected chi connectivity index (χ3v) is 4.14. The first kappa shape index (κ1) is 16.5. The van der Waals surface area contributed by atoms with Crippen LogP contribution in [-0.4, -0.2) is 66.6 Å². The number of nitrogens with zero attached hydrogens (tertiary/aromatic N) is 2. The van der Waals surface area contributed by atoms with Crippen LogP contribution in [0.1, 0.15) is 18.1 Å². The van der Waals surface area contributed by atoms with Crippen LogP contribution in [0.15, 0.2) is 30.3 Å². The van der Waals surface area contributed by atoms with Gasteiger partial charge in [0.1, 0.15) is 6.04 Å². The van der Waals surface area contributed by atoms with Gasteiger partial charge < -0.3 is 19.6 Å². The van der Waals surface area contributed by atoms with Gasteiger partial charge in [0, 0.05) is 19.7 Å². The number of rotatable bonds is 5. The molecule has 1 saturated heterocycles. The summed E-state index contributed by atoms with van der Waals surface area (Å²) in [6, 6.07) is 8.37. The van der Waals surface area contributed by atoms with E-state index in [0.29, 0.717) is 13.0 Å². The summed E-state index contributed by atoms with van der Waals surface area (Å²) in [5.74, 6) is -1.27. The van der Waals surface area contributed by atoms with Crippen molar-refractivity contribution in [1.82, 2.24) is 9.80 Å². The van der Waals surface area contributed by atoms with E-state index in [1.54, 1.807) is 12.1 Å². The number of likely N-dealkylation sites (N-methyl/N-ethyl adjacent to an activating group) is 1. The third-order valence-electron chi connectivity index (χ3n) is 4.14. The van der Waals surface area contributed by atoms with Crippen molar-refractivity contribution >= 4 is 11.9 Å². The normalized spacial score (nSPS) is 22.8. The fraction of sp³-hybridized carbons (Fsp3) is 0.500. The van der Waals surface area contributed by atoms with Crippen LogP contribution in [0.3, 0.4) is 0 Å². The number of methoxy groups -OCH3 is 1. The van der Waals surface area contributed by atoms with E-state index in [0.717, 1.165) is 5.56 Å². The average Bonchev–Trinajstić information content (AvgIpc) is 2.94. The van der Waals surface area contributed by atoms with Gasteiger partial charge >= 0.3 is 5.97 Å². The lowest BCUT2D eigenvalue weighted by Gasteiger charge is -2.26. The Bertz CT molecular complexity index is 532. The van der Waals surface area contributed by atoms with Crippen LogP contribution in [0, 0.1) is 0 Å². The molecule has 6 nitrogen and oxygen atoms in total. The number of aliphatic carboxylic acids is 1. The molecule has 0 aliphatic carbocycles. The zero-order valence-corrected chi connectivity index (χ0v) is 13.1. The Kier molecular flexibility index (Phi) is 5.15. The van der Waals surface area contributed by atoms with Crippen molar-refractivity contribution in [2.24, 2.45) is 0 Å². The topological polar surface area (TPSA) is 70.1 Å².